The van der Waals surface area contributed by atoms with Gasteiger partial charge in [0.05, 0.1) is 33.4 Å². The lowest BCUT2D eigenvalue weighted by Gasteiger charge is -2.20. The molecule has 0 unspecified atom stereocenters. The van der Waals surface area contributed by atoms with Gasteiger partial charge in [-0.1, -0.05) is 198 Å². The smallest absolute Gasteiger partial charge is 0.164 e. The highest BCUT2D eigenvalue weighted by Gasteiger charge is 2.24. The molecule has 0 aliphatic heterocycles. The molecule has 0 N–H and O–H groups in total. The van der Waals surface area contributed by atoms with Crippen molar-refractivity contribution >= 4 is 43.6 Å². The van der Waals surface area contributed by atoms with E-state index in [1.807, 2.05) is 36.4 Å². The number of nitrogens with zero attached hydrogens (tertiary/aromatic N) is 5. The van der Waals surface area contributed by atoms with Gasteiger partial charge in [-0.25, -0.2) is 15.0 Å². The minimum absolute atomic E-state index is 0.589. The second-order valence-electron chi connectivity index (χ2n) is 24.2. The predicted molar refractivity (Wildman–Crippen MR) is 370 cm³/mol. The van der Waals surface area contributed by atoms with E-state index in [-0.39, 0.29) is 0 Å². The van der Waals surface area contributed by atoms with Crippen molar-refractivity contribution in [1.82, 2.24) is 24.1 Å². The first-order chi connectivity index (χ1) is 42.9. The zero-order valence-electron chi connectivity index (χ0n) is 50.9. The average Bonchev–Trinajstić information content (AvgIpc) is 1.61. The summed E-state index contributed by atoms with van der Waals surface area (Å²) in [5, 5.41) is 4.75. The summed E-state index contributed by atoms with van der Waals surface area (Å²) < 4.78 is 4.99. The molecule has 0 aliphatic rings. The molecular formula is C83H65N5. The largest absolute Gasteiger partial charge is 0.309 e. The van der Waals surface area contributed by atoms with Gasteiger partial charge < -0.3 is 9.13 Å². The van der Waals surface area contributed by atoms with E-state index >= 15 is 0 Å². The summed E-state index contributed by atoms with van der Waals surface area (Å²) in [5.41, 5.74) is 31.1. The molecule has 0 aliphatic carbocycles. The molecule has 15 rings (SSSR count). The topological polar surface area (TPSA) is 48.5 Å². The van der Waals surface area contributed by atoms with Crippen LogP contribution < -0.4 is 0 Å². The van der Waals surface area contributed by atoms with E-state index in [0.717, 1.165) is 61.3 Å². The SMILES string of the molecule is Cc1ccc(-c2ccc3c(c2)c2cc(-c4ccc(C)cc4C)ccc2n3-c2ccccc2-c2cc(-c3nc(-c4ccccc4)nc(-c4ccccc4)n3)ccc2-n2c3ccc(-c4ccc(C)cc4C)cc3c3cc(-c4ccc(C)cc4C)ccc32)c(C)c1. The van der Waals surface area contributed by atoms with Crippen molar-refractivity contribution in [3.8, 4) is 101 Å². The number of benzene rings is 12. The Hall–Kier alpha value is -10.8. The lowest BCUT2D eigenvalue weighted by molar-refractivity contribution is 1.07. The van der Waals surface area contributed by atoms with Crippen LogP contribution in [0.15, 0.2) is 249 Å². The van der Waals surface area contributed by atoms with E-state index < -0.39 is 0 Å². The first-order valence-electron chi connectivity index (χ1n) is 30.5. The summed E-state index contributed by atoms with van der Waals surface area (Å²) >= 11 is 0. The maximum Gasteiger partial charge on any atom is 0.164 e. The molecule has 3 heterocycles. The minimum atomic E-state index is 0.589. The Morgan fingerprint density at radius 3 is 0.875 bits per heavy atom. The Morgan fingerprint density at radius 1 is 0.216 bits per heavy atom. The van der Waals surface area contributed by atoms with E-state index in [2.05, 4.69) is 277 Å². The molecule has 0 saturated carbocycles. The first kappa shape index (κ1) is 53.9. The van der Waals surface area contributed by atoms with Gasteiger partial charge in [-0.2, -0.15) is 0 Å². The fourth-order valence-corrected chi connectivity index (χ4v) is 13.7. The second-order valence-corrected chi connectivity index (χ2v) is 24.2. The molecule has 0 amide bonds. The third-order valence-electron chi connectivity index (χ3n) is 17.9. The number of hydrogen-bond donors (Lipinski definition) is 0. The van der Waals surface area contributed by atoms with Crippen LogP contribution in [0, 0.1) is 55.4 Å². The van der Waals surface area contributed by atoms with Crippen molar-refractivity contribution in [3.63, 3.8) is 0 Å². The van der Waals surface area contributed by atoms with Crippen molar-refractivity contribution in [1.29, 1.82) is 0 Å². The predicted octanol–water partition coefficient (Wildman–Crippen LogP) is 21.9. The van der Waals surface area contributed by atoms with Crippen LogP contribution in [-0.4, -0.2) is 24.1 Å². The summed E-state index contributed by atoms with van der Waals surface area (Å²) in [6.07, 6.45) is 0. The van der Waals surface area contributed by atoms with Crippen LogP contribution in [0.1, 0.15) is 44.5 Å². The van der Waals surface area contributed by atoms with E-state index in [0.29, 0.717) is 17.5 Å². The fourth-order valence-electron chi connectivity index (χ4n) is 13.7. The summed E-state index contributed by atoms with van der Waals surface area (Å²) in [7, 11) is 0. The van der Waals surface area contributed by atoms with Crippen LogP contribution in [0.5, 0.6) is 0 Å². The van der Waals surface area contributed by atoms with Crippen molar-refractivity contribution in [2.45, 2.75) is 55.4 Å². The Kier molecular flexibility index (Phi) is 13.3. The molecule has 0 atom stereocenters. The number of fused-ring (bicyclic) bond motifs is 6. The summed E-state index contributed by atoms with van der Waals surface area (Å²) in [6.45, 7) is 17.6. The summed E-state index contributed by atoms with van der Waals surface area (Å²) in [4.78, 5) is 15.8. The van der Waals surface area contributed by atoms with Gasteiger partial charge >= 0.3 is 0 Å². The highest BCUT2D eigenvalue weighted by molar-refractivity contribution is 6.14. The van der Waals surface area contributed by atoms with Gasteiger partial charge in [-0.3, -0.25) is 0 Å². The molecule has 0 fully saturated rings. The molecule has 0 radical (unpaired) electrons. The third-order valence-corrected chi connectivity index (χ3v) is 17.9. The minimum Gasteiger partial charge on any atom is -0.309 e. The van der Waals surface area contributed by atoms with E-state index in [4.69, 9.17) is 15.0 Å². The maximum atomic E-state index is 5.34. The quantitative estimate of drug-likeness (QED) is 0.137. The maximum absolute atomic E-state index is 5.34. The van der Waals surface area contributed by atoms with Crippen LogP contribution in [-0.2, 0) is 0 Å². The number of hydrogen-bond acceptors (Lipinski definition) is 3. The van der Waals surface area contributed by atoms with E-state index in [9.17, 15) is 0 Å². The molecule has 5 heteroatoms. The second kappa shape index (κ2) is 21.6. The van der Waals surface area contributed by atoms with Gasteiger partial charge in [-0.15, -0.1) is 0 Å². The summed E-state index contributed by atoms with van der Waals surface area (Å²) in [5.74, 6) is 1.82. The van der Waals surface area contributed by atoms with Gasteiger partial charge in [0.2, 0.25) is 0 Å². The molecule has 15 aromatic rings. The van der Waals surface area contributed by atoms with Crippen molar-refractivity contribution < 1.29 is 0 Å². The highest BCUT2D eigenvalue weighted by Crippen LogP contribution is 2.46. The molecule has 12 aromatic carbocycles. The summed E-state index contributed by atoms with van der Waals surface area (Å²) in [6, 6.07) is 91.6. The van der Waals surface area contributed by atoms with Crippen LogP contribution in [0.3, 0.4) is 0 Å². The van der Waals surface area contributed by atoms with Crippen molar-refractivity contribution in [2.24, 2.45) is 0 Å². The molecule has 422 valence electrons. The van der Waals surface area contributed by atoms with Gasteiger partial charge in [0.15, 0.2) is 17.5 Å². The molecule has 0 spiro atoms. The number of aromatic nitrogens is 5. The Morgan fingerprint density at radius 2 is 0.523 bits per heavy atom. The first-order valence-corrected chi connectivity index (χ1v) is 30.5. The molecule has 88 heavy (non-hydrogen) atoms. The molecular weight excluding hydrogens is 1070 g/mol. The molecule has 3 aromatic heterocycles. The normalized spacial score (nSPS) is 11.6. The van der Waals surface area contributed by atoms with Crippen LogP contribution in [0.2, 0.25) is 0 Å². The van der Waals surface area contributed by atoms with E-state index in [1.165, 1.54) is 111 Å². The molecule has 5 nitrogen and oxygen atoms in total. The number of para-hydroxylation sites is 1. The Balaban J connectivity index is 1.02. The number of aryl methyl sites for hydroxylation is 8. The van der Waals surface area contributed by atoms with Crippen LogP contribution in [0.25, 0.3) is 145 Å². The lowest BCUT2D eigenvalue weighted by atomic mass is 9.95. The highest BCUT2D eigenvalue weighted by atomic mass is 15.0. The van der Waals surface area contributed by atoms with E-state index in [1.54, 1.807) is 0 Å². The standard InChI is InChI=1S/C83H65N5/c1-50-23-32-65(54(5)41-50)60-27-36-77-71(45-60)72-46-61(66-33-24-51(2)42-55(66)6)28-37-78(72)87(77)75-22-16-15-21-69(75)70-49-64(83-85-81(58-17-11-9-12-18-58)84-82(86-83)59-19-13-10-14-20-59)31-40-76(70)88-79-38-29-62(67-34-25-52(3)43-56(67)7)47-73(79)74-48-63(30-39-80(74)88)68-35-26-53(4)44-57(68)8/h9-49H,1-8H3. The third kappa shape index (κ3) is 9.47. The van der Waals surface area contributed by atoms with Crippen LogP contribution >= 0.6 is 0 Å². The van der Waals surface area contributed by atoms with Gasteiger partial charge in [-0.05, 0) is 195 Å². The van der Waals surface area contributed by atoms with Gasteiger partial charge in [0, 0.05) is 49.4 Å². The fraction of sp³-hybridized carbons (Fsp3) is 0.0964. The monoisotopic (exact) mass is 1130 g/mol. The molecule has 0 saturated heterocycles. The number of rotatable bonds is 10. The van der Waals surface area contributed by atoms with Crippen LogP contribution in [0.4, 0.5) is 0 Å². The zero-order valence-corrected chi connectivity index (χ0v) is 50.9. The zero-order chi connectivity index (χ0) is 59.9. The van der Waals surface area contributed by atoms with Gasteiger partial charge in [0.1, 0.15) is 0 Å². The van der Waals surface area contributed by atoms with Crippen molar-refractivity contribution in [2.75, 3.05) is 0 Å². The Labute approximate surface area is 514 Å². The van der Waals surface area contributed by atoms with Crippen molar-refractivity contribution in [3.05, 3.63) is 293 Å². The average molecular weight is 1130 g/mol. The lowest BCUT2D eigenvalue weighted by Crippen LogP contribution is -2.03. The molecule has 0 bridgehead atoms. The Bertz CT molecular complexity index is 5020. The van der Waals surface area contributed by atoms with Gasteiger partial charge in [0.25, 0.3) is 0 Å².